The number of rotatable bonds is 11. The second-order valence-corrected chi connectivity index (χ2v) is 7.55. The molecule has 0 atom stereocenters. The number of amides is 1. The molecule has 9 heteroatoms. The van der Waals surface area contributed by atoms with Crippen LogP contribution >= 0.6 is 0 Å². The smallest absolute Gasteiger partial charge is 0.387 e. The summed E-state index contributed by atoms with van der Waals surface area (Å²) in [5.74, 6) is 1.03. The minimum atomic E-state index is -2.99. The lowest BCUT2D eigenvalue weighted by Gasteiger charge is -2.12. The van der Waals surface area contributed by atoms with Crippen molar-refractivity contribution in [3.8, 4) is 28.7 Å². The van der Waals surface area contributed by atoms with Gasteiger partial charge in [-0.25, -0.2) is 4.98 Å². The highest BCUT2D eigenvalue weighted by Gasteiger charge is 2.23. The van der Waals surface area contributed by atoms with E-state index >= 15 is 0 Å². The van der Waals surface area contributed by atoms with Crippen LogP contribution in [0.5, 0.6) is 17.2 Å². The molecular formula is C24H24F2N2O5. The molecule has 174 valence electrons. The molecule has 0 saturated heterocycles. The predicted octanol–water partition coefficient (Wildman–Crippen LogP) is 5.06. The van der Waals surface area contributed by atoms with Crippen molar-refractivity contribution in [1.29, 1.82) is 0 Å². The van der Waals surface area contributed by atoms with E-state index in [0.717, 1.165) is 12.8 Å². The van der Waals surface area contributed by atoms with Crippen LogP contribution in [0.4, 0.5) is 8.78 Å². The number of nitrogens with one attached hydrogen (secondary N) is 1. The van der Waals surface area contributed by atoms with Crippen molar-refractivity contribution in [2.24, 2.45) is 5.92 Å². The zero-order chi connectivity index (χ0) is 23.2. The molecule has 2 aromatic carbocycles. The van der Waals surface area contributed by atoms with Crippen molar-refractivity contribution in [3.63, 3.8) is 0 Å². The van der Waals surface area contributed by atoms with Crippen LogP contribution in [0.1, 0.15) is 35.8 Å². The van der Waals surface area contributed by atoms with Gasteiger partial charge in [-0.1, -0.05) is 12.1 Å². The third-order valence-electron chi connectivity index (χ3n) is 4.99. The number of hydrogen-bond acceptors (Lipinski definition) is 6. The molecule has 1 aliphatic rings. The number of ether oxygens (including phenoxy) is 3. The maximum Gasteiger partial charge on any atom is 0.387 e. The Balaban J connectivity index is 1.43. The Morgan fingerprint density at radius 3 is 2.73 bits per heavy atom. The van der Waals surface area contributed by atoms with Gasteiger partial charge in [-0.15, -0.1) is 0 Å². The number of carbonyl (C=O) groups is 1. The number of oxazole rings is 1. The van der Waals surface area contributed by atoms with Gasteiger partial charge in [0.2, 0.25) is 5.89 Å². The van der Waals surface area contributed by atoms with E-state index in [-0.39, 0.29) is 29.8 Å². The zero-order valence-corrected chi connectivity index (χ0v) is 18.1. The molecule has 1 N–H and O–H groups in total. The lowest BCUT2D eigenvalue weighted by molar-refractivity contribution is -0.0515. The van der Waals surface area contributed by atoms with Gasteiger partial charge in [0, 0.05) is 5.56 Å². The maximum atomic E-state index is 12.9. The van der Waals surface area contributed by atoms with Gasteiger partial charge < -0.3 is 23.9 Å². The standard InChI is InChI=1S/C24H24F2N2O5/c1-2-30-19-6-4-3-5-18(19)22(29)27-12-17-14-32-23(28-17)16-9-10-20(31-13-15-7-8-15)21(11-16)33-24(25)26/h3-6,9-11,14-15,24H,2,7-8,12-13H2,1H3,(H,27,29). The fourth-order valence-corrected chi connectivity index (χ4v) is 3.16. The molecule has 4 rings (SSSR count). The minimum Gasteiger partial charge on any atom is -0.493 e. The third-order valence-corrected chi connectivity index (χ3v) is 4.99. The summed E-state index contributed by atoms with van der Waals surface area (Å²) < 4.78 is 47.0. The lowest BCUT2D eigenvalue weighted by atomic mass is 10.2. The highest BCUT2D eigenvalue weighted by atomic mass is 19.3. The highest BCUT2D eigenvalue weighted by Crippen LogP contribution is 2.36. The van der Waals surface area contributed by atoms with Gasteiger partial charge in [-0.2, -0.15) is 8.78 Å². The number of hydrogen-bond donors (Lipinski definition) is 1. The topological polar surface area (TPSA) is 82.8 Å². The quantitative estimate of drug-likeness (QED) is 0.433. The van der Waals surface area contributed by atoms with Gasteiger partial charge in [0.05, 0.1) is 31.0 Å². The van der Waals surface area contributed by atoms with Gasteiger partial charge in [0.25, 0.3) is 5.91 Å². The van der Waals surface area contributed by atoms with Gasteiger partial charge in [-0.3, -0.25) is 4.79 Å². The van der Waals surface area contributed by atoms with E-state index in [2.05, 4.69) is 15.0 Å². The fourth-order valence-electron chi connectivity index (χ4n) is 3.16. The lowest BCUT2D eigenvalue weighted by Crippen LogP contribution is -2.23. The number of halogens is 2. The van der Waals surface area contributed by atoms with Crippen LogP contribution in [-0.4, -0.2) is 30.7 Å². The number of para-hydroxylation sites is 1. The second kappa shape index (κ2) is 10.3. The fraction of sp³-hybridized carbons (Fsp3) is 0.333. The predicted molar refractivity (Wildman–Crippen MR) is 116 cm³/mol. The van der Waals surface area contributed by atoms with Crippen molar-refractivity contribution >= 4 is 5.91 Å². The molecule has 0 radical (unpaired) electrons. The first-order valence-corrected chi connectivity index (χ1v) is 10.7. The highest BCUT2D eigenvalue weighted by molar-refractivity contribution is 5.96. The Hall–Kier alpha value is -3.62. The van der Waals surface area contributed by atoms with Crippen LogP contribution in [0.2, 0.25) is 0 Å². The van der Waals surface area contributed by atoms with Gasteiger partial charge in [-0.05, 0) is 56.0 Å². The van der Waals surface area contributed by atoms with Gasteiger partial charge >= 0.3 is 6.61 Å². The molecular weight excluding hydrogens is 434 g/mol. The zero-order valence-electron chi connectivity index (χ0n) is 18.1. The largest absolute Gasteiger partial charge is 0.493 e. The van der Waals surface area contributed by atoms with Crippen molar-refractivity contribution in [2.45, 2.75) is 32.9 Å². The summed E-state index contributed by atoms with van der Waals surface area (Å²) in [5, 5.41) is 2.77. The number of benzene rings is 2. The molecule has 0 spiro atoms. The van der Waals surface area contributed by atoms with Crippen LogP contribution in [0.15, 0.2) is 53.1 Å². The Bertz CT molecular complexity index is 1100. The first-order chi connectivity index (χ1) is 16.0. The SMILES string of the molecule is CCOc1ccccc1C(=O)NCc1coc(-c2ccc(OCC3CC3)c(OC(F)F)c2)n1. The Labute approximate surface area is 189 Å². The van der Waals surface area contributed by atoms with E-state index in [1.807, 2.05) is 6.92 Å². The molecule has 1 fully saturated rings. The first kappa shape index (κ1) is 22.6. The summed E-state index contributed by atoms with van der Waals surface area (Å²) in [4.78, 5) is 16.9. The first-order valence-electron chi connectivity index (χ1n) is 10.7. The summed E-state index contributed by atoms with van der Waals surface area (Å²) in [6.45, 7) is -0.119. The van der Waals surface area contributed by atoms with Crippen LogP contribution in [-0.2, 0) is 6.54 Å². The second-order valence-electron chi connectivity index (χ2n) is 7.55. The Morgan fingerprint density at radius 2 is 1.97 bits per heavy atom. The van der Waals surface area contributed by atoms with Gasteiger partial charge in [0.15, 0.2) is 11.5 Å². The monoisotopic (exact) mass is 458 g/mol. The third kappa shape index (κ3) is 6.00. The van der Waals surface area contributed by atoms with Crippen LogP contribution in [0, 0.1) is 5.92 Å². The Morgan fingerprint density at radius 1 is 1.15 bits per heavy atom. The summed E-state index contributed by atoms with van der Waals surface area (Å²) in [6, 6.07) is 11.6. The van der Waals surface area contributed by atoms with Crippen LogP contribution in [0.25, 0.3) is 11.5 Å². The summed E-state index contributed by atoms with van der Waals surface area (Å²) in [7, 11) is 0. The minimum absolute atomic E-state index is 0.0799. The van der Waals surface area contributed by atoms with E-state index in [1.165, 1.54) is 12.3 Å². The summed E-state index contributed by atoms with van der Waals surface area (Å²) in [5.41, 5.74) is 1.33. The number of carbonyl (C=O) groups excluding carboxylic acids is 1. The van der Waals surface area contributed by atoms with E-state index in [0.29, 0.717) is 41.7 Å². The molecule has 1 saturated carbocycles. The maximum absolute atomic E-state index is 12.9. The number of aromatic nitrogens is 1. The number of nitrogens with zero attached hydrogens (tertiary/aromatic N) is 1. The van der Waals surface area contributed by atoms with E-state index < -0.39 is 6.61 Å². The van der Waals surface area contributed by atoms with E-state index in [4.69, 9.17) is 13.9 Å². The molecule has 1 aromatic heterocycles. The van der Waals surface area contributed by atoms with Gasteiger partial charge in [0.1, 0.15) is 12.0 Å². The molecule has 1 aliphatic carbocycles. The van der Waals surface area contributed by atoms with E-state index in [9.17, 15) is 13.6 Å². The molecule has 0 unspecified atom stereocenters. The average molecular weight is 458 g/mol. The van der Waals surface area contributed by atoms with Crippen molar-refractivity contribution in [2.75, 3.05) is 13.2 Å². The number of alkyl halides is 2. The van der Waals surface area contributed by atoms with Crippen molar-refractivity contribution in [3.05, 3.63) is 60.0 Å². The normalized spacial score (nSPS) is 13.1. The summed E-state index contributed by atoms with van der Waals surface area (Å²) >= 11 is 0. The summed E-state index contributed by atoms with van der Waals surface area (Å²) in [6.07, 6.45) is 3.56. The molecule has 7 nitrogen and oxygen atoms in total. The van der Waals surface area contributed by atoms with E-state index in [1.54, 1.807) is 36.4 Å². The van der Waals surface area contributed by atoms with Crippen molar-refractivity contribution < 1.29 is 32.2 Å². The van der Waals surface area contributed by atoms with Crippen LogP contribution < -0.4 is 19.5 Å². The molecule has 33 heavy (non-hydrogen) atoms. The molecule has 3 aromatic rings. The Kier molecular flexibility index (Phi) is 7.07. The molecule has 0 aliphatic heterocycles. The molecule has 1 heterocycles. The average Bonchev–Trinajstić information content (AvgIpc) is 3.51. The molecule has 0 bridgehead atoms. The molecule has 1 amide bonds. The van der Waals surface area contributed by atoms with Crippen LogP contribution in [0.3, 0.4) is 0 Å². The van der Waals surface area contributed by atoms with Crippen molar-refractivity contribution in [1.82, 2.24) is 10.3 Å².